The number of rotatable bonds is 7. The number of nitrogens with one attached hydrogen (secondary N) is 1. The first kappa shape index (κ1) is 14.5. The lowest BCUT2D eigenvalue weighted by Gasteiger charge is -2.09. The molecule has 0 aromatic heterocycles. The fraction of sp³-hybridized carbons (Fsp3) is 0.500. The number of amides is 1. The maximum absolute atomic E-state index is 11.4. The Morgan fingerprint density at radius 1 is 1.39 bits per heavy atom. The lowest BCUT2D eigenvalue weighted by atomic mass is 10.1. The number of nitrogens with two attached hydrogens (primary N) is 1. The summed E-state index contributed by atoms with van der Waals surface area (Å²) in [5.74, 6) is 0.507. The lowest BCUT2D eigenvalue weighted by molar-refractivity contribution is 0.139. The van der Waals surface area contributed by atoms with Crippen LogP contribution >= 0.6 is 0 Å². The molecule has 0 aliphatic carbocycles. The van der Waals surface area contributed by atoms with E-state index in [0.29, 0.717) is 25.6 Å². The summed E-state index contributed by atoms with van der Waals surface area (Å²) >= 11 is 0. The number of benzene rings is 1. The van der Waals surface area contributed by atoms with Crippen molar-refractivity contribution in [2.75, 3.05) is 13.1 Å². The van der Waals surface area contributed by atoms with Gasteiger partial charge >= 0.3 is 6.09 Å². The fourth-order valence-electron chi connectivity index (χ4n) is 1.53. The van der Waals surface area contributed by atoms with Gasteiger partial charge in [-0.25, -0.2) is 4.79 Å². The lowest BCUT2D eigenvalue weighted by Crippen LogP contribution is -2.25. The van der Waals surface area contributed by atoms with E-state index in [1.54, 1.807) is 0 Å². The molecule has 0 heterocycles. The maximum atomic E-state index is 11.4. The minimum absolute atomic E-state index is 0.311. The predicted octanol–water partition coefficient (Wildman–Crippen LogP) is 2.29. The largest absolute Gasteiger partial charge is 0.445 e. The van der Waals surface area contributed by atoms with Gasteiger partial charge in [0.1, 0.15) is 6.61 Å². The molecule has 0 radical (unpaired) electrons. The molecule has 1 amide bonds. The molecule has 0 aliphatic heterocycles. The highest BCUT2D eigenvalue weighted by molar-refractivity contribution is 5.67. The fourth-order valence-corrected chi connectivity index (χ4v) is 1.53. The Labute approximate surface area is 109 Å². The van der Waals surface area contributed by atoms with E-state index >= 15 is 0 Å². The third kappa shape index (κ3) is 6.25. The molecule has 1 aromatic carbocycles. The summed E-state index contributed by atoms with van der Waals surface area (Å²) in [6.45, 7) is 3.75. The second-order valence-electron chi connectivity index (χ2n) is 4.47. The van der Waals surface area contributed by atoms with Gasteiger partial charge in [0.25, 0.3) is 0 Å². The molecule has 0 fully saturated rings. The second kappa shape index (κ2) is 8.53. The van der Waals surface area contributed by atoms with Crippen molar-refractivity contribution < 1.29 is 9.53 Å². The Bertz CT molecular complexity index is 341. The van der Waals surface area contributed by atoms with Crippen molar-refractivity contribution in [2.24, 2.45) is 11.7 Å². The van der Waals surface area contributed by atoms with Crippen LogP contribution in [-0.2, 0) is 11.3 Å². The van der Waals surface area contributed by atoms with Gasteiger partial charge in [-0.3, -0.25) is 0 Å². The summed E-state index contributed by atoms with van der Waals surface area (Å²) in [4.78, 5) is 11.4. The Morgan fingerprint density at radius 2 is 2.11 bits per heavy atom. The van der Waals surface area contributed by atoms with Crippen LogP contribution < -0.4 is 11.1 Å². The summed E-state index contributed by atoms with van der Waals surface area (Å²) in [5, 5.41) is 2.73. The minimum atomic E-state index is -0.362. The molecule has 100 valence electrons. The number of carbonyl (C=O) groups is 1. The first-order valence-electron chi connectivity index (χ1n) is 6.37. The van der Waals surface area contributed by atoms with E-state index in [2.05, 4.69) is 12.2 Å². The van der Waals surface area contributed by atoms with Gasteiger partial charge in [-0.15, -0.1) is 0 Å². The molecule has 4 nitrogen and oxygen atoms in total. The van der Waals surface area contributed by atoms with Crippen LogP contribution in [-0.4, -0.2) is 19.2 Å². The number of carbonyl (C=O) groups excluding carboxylic acids is 1. The molecule has 0 aliphatic rings. The topological polar surface area (TPSA) is 64.3 Å². The van der Waals surface area contributed by atoms with Crippen molar-refractivity contribution in [3.63, 3.8) is 0 Å². The molecule has 1 atom stereocenters. The van der Waals surface area contributed by atoms with Crippen LogP contribution in [0.15, 0.2) is 30.3 Å². The highest BCUT2D eigenvalue weighted by Crippen LogP contribution is 2.02. The van der Waals surface area contributed by atoms with E-state index in [4.69, 9.17) is 10.5 Å². The minimum Gasteiger partial charge on any atom is -0.445 e. The summed E-state index contributed by atoms with van der Waals surface area (Å²) < 4.78 is 5.09. The maximum Gasteiger partial charge on any atom is 0.407 e. The summed E-state index contributed by atoms with van der Waals surface area (Å²) in [6.07, 6.45) is 1.59. The molecule has 0 saturated carbocycles. The van der Waals surface area contributed by atoms with E-state index in [-0.39, 0.29) is 6.09 Å². The number of hydrogen-bond donors (Lipinski definition) is 2. The van der Waals surface area contributed by atoms with Crippen molar-refractivity contribution in [2.45, 2.75) is 26.4 Å². The van der Waals surface area contributed by atoms with E-state index in [9.17, 15) is 4.79 Å². The third-order valence-corrected chi connectivity index (χ3v) is 2.76. The van der Waals surface area contributed by atoms with Crippen LogP contribution in [0.25, 0.3) is 0 Å². The van der Waals surface area contributed by atoms with Crippen molar-refractivity contribution in [3.8, 4) is 0 Å². The van der Waals surface area contributed by atoms with E-state index < -0.39 is 0 Å². The molecule has 0 saturated heterocycles. The molecule has 18 heavy (non-hydrogen) atoms. The molecule has 1 rings (SSSR count). The first-order valence-corrected chi connectivity index (χ1v) is 6.37. The molecule has 1 unspecified atom stereocenters. The van der Waals surface area contributed by atoms with Crippen molar-refractivity contribution in [1.29, 1.82) is 0 Å². The number of alkyl carbamates (subject to hydrolysis) is 1. The zero-order chi connectivity index (χ0) is 13.2. The zero-order valence-corrected chi connectivity index (χ0v) is 10.9. The van der Waals surface area contributed by atoms with Gasteiger partial charge in [0.05, 0.1) is 0 Å². The van der Waals surface area contributed by atoms with Crippen molar-refractivity contribution in [3.05, 3.63) is 35.9 Å². The monoisotopic (exact) mass is 250 g/mol. The smallest absolute Gasteiger partial charge is 0.407 e. The Hall–Kier alpha value is -1.55. The molecule has 0 spiro atoms. The highest BCUT2D eigenvalue weighted by Gasteiger charge is 2.03. The van der Waals surface area contributed by atoms with Gasteiger partial charge in [0.15, 0.2) is 0 Å². The first-order chi connectivity index (χ1) is 8.72. The van der Waals surface area contributed by atoms with E-state index in [1.165, 1.54) is 0 Å². The normalized spacial score (nSPS) is 11.9. The average molecular weight is 250 g/mol. The number of ether oxygens (including phenoxy) is 1. The van der Waals surface area contributed by atoms with Gasteiger partial charge in [-0.2, -0.15) is 0 Å². The third-order valence-electron chi connectivity index (χ3n) is 2.76. The quantitative estimate of drug-likeness (QED) is 0.730. The Kier molecular flexibility index (Phi) is 6.87. The van der Waals surface area contributed by atoms with Crippen LogP contribution in [0.3, 0.4) is 0 Å². The Balaban J connectivity index is 2.07. The van der Waals surface area contributed by atoms with Crippen molar-refractivity contribution >= 4 is 6.09 Å². The second-order valence-corrected chi connectivity index (χ2v) is 4.47. The van der Waals surface area contributed by atoms with E-state index in [1.807, 2.05) is 30.3 Å². The molecule has 3 N–H and O–H groups in total. The van der Waals surface area contributed by atoms with Crippen LogP contribution in [0.5, 0.6) is 0 Å². The van der Waals surface area contributed by atoms with Crippen LogP contribution in [0.2, 0.25) is 0 Å². The van der Waals surface area contributed by atoms with Crippen molar-refractivity contribution in [1.82, 2.24) is 5.32 Å². The van der Waals surface area contributed by atoms with Crippen LogP contribution in [0.4, 0.5) is 4.79 Å². The number of hydrogen-bond acceptors (Lipinski definition) is 3. The molecule has 4 heteroatoms. The molecular weight excluding hydrogens is 228 g/mol. The van der Waals surface area contributed by atoms with Crippen LogP contribution in [0, 0.1) is 5.92 Å². The summed E-state index contributed by atoms with van der Waals surface area (Å²) in [5.41, 5.74) is 6.50. The molecular formula is C14H22N2O2. The Morgan fingerprint density at radius 3 is 2.78 bits per heavy atom. The van der Waals surface area contributed by atoms with Crippen LogP contribution in [0.1, 0.15) is 25.3 Å². The SMILES string of the molecule is CC(CN)CCCNC(=O)OCc1ccccc1. The van der Waals surface area contributed by atoms with Gasteiger partial charge in [0, 0.05) is 6.54 Å². The summed E-state index contributed by atoms with van der Waals surface area (Å²) in [6, 6.07) is 9.63. The van der Waals surface area contributed by atoms with E-state index in [0.717, 1.165) is 18.4 Å². The summed E-state index contributed by atoms with van der Waals surface area (Å²) in [7, 11) is 0. The zero-order valence-electron chi connectivity index (χ0n) is 10.9. The standard InChI is InChI=1S/C14H22N2O2/c1-12(10-15)6-5-9-16-14(17)18-11-13-7-3-2-4-8-13/h2-4,7-8,12H,5-6,9-11,15H2,1H3,(H,16,17). The van der Waals surface area contributed by atoms with Gasteiger partial charge < -0.3 is 15.8 Å². The molecule has 0 bridgehead atoms. The van der Waals surface area contributed by atoms with Gasteiger partial charge in [-0.05, 0) is 30.9 Å². The molecule has 1 aromatic rings. The highest BCUT2D eigenvalue weighted by atomic mass is 16.5. The van der Waals surface area contributed by atoms with Gasteiger partial charge in [0.2, 0.25) is 0 Å². The predicted molar refractivity (Wildman–Crippen MR) is 72.1 cm³/mol. The average Bonchev–Trinajstić information content (AvgIpc) is 2.42. The van der Waals surface area contributed by atoms with Gasteiger partial charge in [-0.1, -0.05) is 37.3 Å².